The Bertz CT molecular complexity index is 1210. The molecule has 152 valence electrons. The standard InChI is InChI=1S/C20H17FN6OS2/c1-26-13-22-24-19(26)30-12-18(28)23-25-20-27(16-5-3-2-4-6-16)17(11-29-20)14-7-9-15(21)10-8-14/h2-11,13H,12H2,1H3,(H,23,28)/b25-20+. The second-order valence-electron chi connectivity index (χ2n) is 6.24. The number of nitrogens with one attached hydrogen (secondary N) is 1. The van der Waals surface area contributed by atoms with E-state index in [9.17, 15) is 9.18 Å². The van der Waals surface area contributed by atoms with Gasteiger partial charge in [-0.15, -0.1) is 26.6 Å². The van der Waals surface area contributed by atoms with Crippen molar-refractivity contribution in [2.45, 2.75) is 5.16 Å². The molecule has 0 aliphatic heterocycles. The number of halogens is 1. The number of thiazole rings is 1. The van der Waals surface area contributed by atoms with Crippen molar-refractivity contribution in [1.82, 2.24) is 24.8 Å². The third-order valence-electron chi connectivity index (χ3n) is 4.14. The molecule has 0 saturated carbocycles. The molecule has 0 fully saturated rings. The van der Waals surface area contributed by atoms with E-state index in [1.807, 2.05) is 47.3 Å². The van der Waals surface area contributed by atoms with E-state index in [0.717, 1.165) is 16.9 Å². The summed E-state index contributed by atoms with van der Waals surface area (Å²) in [6, 6.07) is 16.0. The number of rotatable bonds is 6. The Balaban J connectivity index is 1.61. The third-order valence-corrected chi connectivity index (χ3v) is 6.00. The van der Waals surface area contributed by atoms with Crippen molar-refractivity contribution < 1.29 is 9.18 Å². The first kappa shape index (κ1) is 20.0. The average Bonchev–Trinajstić information content (AvgIpc) is 3.38. The highest BCUT2D eigenvalue weighted by Gasteiger charge is 2.11. The zero-order valence-corrected chi connectivity index (χ0v) is 17.5. The topological polar surface area (TPSA) is 77.1 Å². The van der Waals surface area contributed by atoms with Crippen molar-refractivity contribution in [3.8, 4) is 16.9 Å². The van der Waals surface area contributed by atoms with Gasteiger partial charge in [0.2, 0.25) is 4.80 Å². The molecular formula is C20H17FN6OS2. The molecule has 4 rings (SSSR count). The van der Waals surface area contributed by atoms with Gasteiger partial charge in [0.05, 0.1) is 11.4 Å². The minimum Gasteiger partial charge on any atom is -0.312 e. The quantitative estimate of drug-likeness (QED) is 0.369. The maximum absolute atomic E-state index is 13.4. The van der Waals surface area contributed by atoms with Gasteiger partial charge in [0.1, 0.15) is 12.1 Å². The van der Waals surface area contributed by atoms with Crippen LogP contribution in [0.1, 0.15) is 0 Å². The minimum atomic E-state index is -0.294. The zero-order valence-electron chi connectivity index (χ0n) is 15.9. The van der Waals surface area contributed by atoms with Crippen molar-refractivity contribution in [2.75, 3.05) is 5.75 Å². The molecule has 1 N–H and O–H groups in total. The number of amides is 1. The Morgan fingerprint density at radius 2 is 1.97 bits per heavy atom. The normalized spacial score (nSPS) is 11.6. The number of benzene rings is 2. The fourth-order valence-corrected chi connectivity index (χ4v) is 4.26. The van der Waals surface area contributed by atoms with Gasteiger partial charge in [-0.1, -0.05) is 30.0 Å². The third kappa shape index (κ3) is 4.50. The first-order chi connectivity index (χ1) is 14.6. The van der Waals surface area contributed by atoms with Crippen LogP contribution in [0.3, 0.4) is 0 Å². The molecule has 7 nitrogen and oxygen atoms in total. The number of thioether (sulfide) groups is 1. The fraction of sp³-hybridized carbons (Fsp3) is 0.100. The van der Waals surface area contributed by atoms with E-state index < -0.39 is 0 Å². The molecule has 0 unspecified atom stereocenters. The van der Waals surface area contributed by atoms with Crippen LogP contribution in [0.15, 0.2) is 76.6 Å². The van der Waals surface area contributed by atoms with E-state index in [-0.39, 0.29) is 17.5 Å². The van der Waals surface area contributed by atoms with Gasteiger partial charge >= 0.3 is 0 Å². The Labute approximate surface area is 179 Å². The monoisotopic (exact) mass is 440 g/mol. The maximum Gasteiger partial charge on any atom is 0.250 e. The van der Waals surface area contributed by atoms with E-state index in [4.69, 9.17) is 0 Å². The lowest BCUT2D eigenvalue weighted by Gasteiger charge is -2.09. The highest BCUT2D eigenvalue weighted by Crippen LogP contribution is 2.23. The minimum absolute atomic E-state index is 0.164. The number of carbonyl (C=O) groups excluding carboxylic acids is 1. The largest absolute Gasteiger partial charge is 0.312 e. The Kier molecular flexibility index (Phi) is 6.05. The molecule has 0 radical (unpaired) electrons. The van der Waals surface area contributed by atoms with Crippen LogP contribution in [0.2, 0.25) is 0 Å². The molecule has 0 aliphatic carbocycles. The summed E-state index contributed by atoms with van der Waals surface area (Å²) in [6.45, 7) is 0. The van der Waals surface area contributed by atoms with Crippen LogP contribution in [0.5, 0.6) is 0 Å². The molecule has 0 aliphatic rings. The van der Waals surface area contributed by atoms with Gasteiger partial charge in [0.15, 0.2) is 5.16 Å². The summed E-state index contributed by atoms with van der Waals surface area (Å²) in [5.74, 6) is -0.380. The van der Waals surface area contributed by atoms with Gasteiger partial charge in [-0.25, -0.2) is 9.82 Å². The van der Waals surface area contributed by atoms with E-state index in [0.29, 0.717) is 9.96 Å². The van der Waals surface area contributed by atoms with Crippen LogP contribution < -0.4 is 10.2 Å². The maximum atomic E-state index is 13.4. The molecule has 0 saturated heterocycles. The van der Waals surface area contributed by atoms with E-state index in [1.165, 1.54) is 35.2 Å². The second kappa shape index (κ2) is 9.06. The summed E-state index contributed by atoms with van der Waals surface area (Å²) in [5, 5.41) is 14.6. The van der Waals surface area contributed by atoms with Crippen LogP contribution >= 0.6 is 23.1 Å². The highest BCUT2D eigenvalue weighted by molar-refractivity contribution is 7.99. The first-order valence-electron chi connectivity index (χ1n) is 8.93. The molecule has 10 heteroatoms. The number of aryl methyl sites for hydroxylation is 1. The molecule has 2 heterocycles. The van der Waals surface area contributed by atoms with Crippen LogP contribution in [0.25, 0.3) is 16.9 Å². The molecule has 2 aromatic carbocycles. The molecule has 2 aromatic heterocycles. The van der Waals surface area contributed by atoms with Crippen molar-refractivity contribution in [3.63, 3.8) is 0 Å². The predicted molar refractivity (Wildman–Crippen MR) is 114 cm³/mol. The lowest BCUT2D eigenvalue weighted by molar-refractivity contribution is -0.118. The highest BCUT2D eigenvalue weighted by atomic mass is 32.2. The van der Waals surface area contributed by atoms with Crippen molar-refractivity contribution in [3.05, 3.63) is 76.9 Å². The van der Waals surface area contributed by atoms with Crippen molar-refractivity contribution in [1.29, 1.82) is 0 Å². The number of hydrogen-bond acceptors (Lipinski definition) is 6. The number of aromatic nitrogens is 4. The van der Waals surface area contributed by atoms with Gasteiger partial charge < -0.3 is 4.57 Å². The van der Waals surface area contributed by atoms with Crippen LogP contribution in [-0.2, 0) is 11.8 Å². The summed E-state index contributed by atoms with van der Waals surface area (Å²) >= 11 is 2.66. The number of hydrogen-bond donors (Lipinski definition) is 1. The summed E-state index contributed by atoms with van der Waals surface area (Å²) in [6.07, 6.45) is 1.58. The van der Waals surface area contributed by atoms with Gasteiger partial charge in [-0.05, 0) is 42.0 Å². The average molecular weight is 441 g/mol. The second-order valence-corrected chi connectivity index (χ2v) is 8.02. The van der Waals surface area contributed by atoms with Crippen molar-refractivity contribution in [2.24, 2.45) is 12.1 Å². The van der Waals surface area contributed by atoms with Gasteiger partial charge in [0.25, 0.3) is 5.91 Å². The Morgan fingerprint density at radius 1 is 1.20 bits per heavy atom. The Morgan fingerprint density at radius 3 is 2.67 bits per heavy atom. The van der Waals surface area contributed by atoms with Gasteiger partial charge in [-0.3, -0.25) is 9.36 Å². The van der Waals surface area contributed by atoms with Crippen molar-refractivity contribution >= 4 is 29.0 Å². The zero-order chi connectivity index (χ0) is 20.9. The molecule has 4 aromatic rings. The van der Waals surface area contributed by atoms with Crippen LogP contribution in [0, 0.1) is 5.82 Å². The lowest BCUT2D eigenvalue weighted by Crippen LogP contribution is -2.25. The van der Waals surface area contributed by atoms with E-state index in [2.05, 4.69) is 20.7 Å². The molecular weight excluding hydrogens is 423 g/mol. The first-order valence-corrected chi connectivity index (χ1v) is 10.8. The summed E-state index contributed by atoms with van der Waals surface area (Å²) in [4.78, 5) is 12.9. The molecule has 0 spiro atoms. The number of carbonyl (C=O) groups is 1. The molecule has 1 amide bonds. The van der Waals surface area contributed by atoms with Gasteiger partial charge in [-0.2, -0.15) is 0 Å². The molecule has 0 atom stereocenters. The molecule has 0 bridgehead atoms. The summed E-state index contributed by atoms with van der Waals surface area (Å²) in [7, 11) is 1.82. The SMILES string of the molecule is Cn1cnnc1SCC(=O)N/N=c1/scc(-c2ccc(F)cc2)n1-c1ccccc1. The summed E-state index contributed by atoms with van der Waals surface area (Å²) in [5.41, 5.74) is 5.19. The van der Waals surface area contributed by atoms with Crippen LogP contribution in [-0.4, -0.2) is 31.0 Å². The number of nitrogens with zero attached hydrogens (tertiary/aromatic N) is 5. The smallest absolute Gasteiger partial charge is 0.250 e. The predicted octanol–water partition coefficient (Wildman–Crippen LogP) is 3.20. The molecule has 30 heavy (non-hydrogen) atoms. The fourth-order valence-electron chi connectivity index (χ4n) is 2.71. The number of para-hydroxylation sites is 1. The lowest BCUT2D eigenvalue weighted by atomic mass is 10.1. The van der Waals surface area contributed by atoms with E-state index >= 15 is 0 Å². The van der Waals surface area contributed by atoms with Gasteiger partial charge in [0, 0.05) is 18.1 Å². The van der Waals surface area contributed by atoms with Crippen LogP contribution in [0.4, 0.5) is 4.39 Å². The Hall–Kier alpha value is -3.24. The van der Waals surface area contributed by atoms with E-state index in [1.54, 1.807) is 23.0 Å². The summed E-state index contributed by atoms with van der Waals surface area (Å²) < 4.78 is 17.0.